The molecule has 0 aromatic heterocycles. The zero-order valence-electron chi connectivity index (χ0n) is 12.6. The Morgan fingerprint density at radius 2 is 1.62 bits per heavy atom. The van der Waals surface area contributed by atoms with Gasteiger partial charge in [-0.2, -0.15) is 0 Å². The number of halogens is 1. The molecule has 2 aliphatic rings. The Labute approximate surface area is 133 Å². The van der Waals surface area contributed by atoms with Crippen LogP contribution in [0.4, 0.5) is 0 Å². The van der Waals surface area contributed by atoms with Crippen molar-refractivity contribution in [3.05, 3.63) is 22.2 Å². The molecule has 3 rings (SSSR count). The van der Waals surface area contributed by atoms with E-state index in [-0.39, 0.29) is 6.79 Å². The summed E-state index contributed by atoms with van der Waals surface area (Å²) in [6, 6.07) is 3.74. The van der Waals surface area contributed by atoms with Crippen LogP contribution in [0.2, 0.25) is 0 Å². The molecule has 2 heterocycles. The highest BCUT2D eigenvalue weighted by atomic mass is 79.9. The largest absolute Gasteiger partial charge is 0.480 e. The number of rotatable bonds is 2. The average molecular weight is 356 g/mol. The molecular formula is C14H19BBrNO4. The molecule has 1 aromatic rings. The molecule has 2 N–H and O–H groups in total. The summed E-state index contributed by atoms with van der Waals surface area (Å²) >= 11 is 3.53. The molecule has 0 aliphatic carbocycles. The second-order valence-corrected chi connectivity index (χ2v) is 7.23. The summed E-state index contributed by atoms with van der Waals surface area (Å²) in [5, 5.41) is 0. The van der Waals surface area contributed by atoms with Gasteiger partial charge in [0.2, 0.25) is 6.79 Å². The molecule has 0 bridgehead atoms. The number of benzene rings is 1. The predicted molar refractivity (Wildman–Crippen MR) is 83.3 cm³/mol. The van der Waals surface area contributed by atoms with E-state index in [1.807, 2.05) is 39.8 Å². The number of hydrogen-bond donors (Lipinski definition) is 1. The monoisotopic (exact) mass is 355 g/mol. The van der Waals surface area contributed by atoms with E-state index in [2.05, 4.69) is 15.9 Å². The van der Waals surface area contributed by atoms with Crippen molar-refractivity contribution in [1.29, 1.82) is 0 Å². The van der Waals surface area contributed by atoms with Crippen LogP contribution in [0, 0.1) is 0 Å². The van der Waals surface area contributed by atoms with Gasteiger partial charge in [-0.05, 0) is 45.4 Å². The standard InChI is InChI=1S/C14H19BBrNO4/c1-13(2)14(3,4)21-15(20-13)12(17)8-5-10-11(6-9(8)16)19-7-18-10/h5-6,12H,7,17H2,1-4H3/t12-/m0/s1. The molecule has 1 fully saturated rings. The number of fused-ring (bicyclic) bond motifs is 1. The average Bonchev–Trinajstić information content (AvgIpc) is 2.89. The van der Waals surface area contributed by atoms with Crippen LogP contribution in [-0.2, 0) is 9.31 Å². The Morgan fingerprint density at radius 3 is 2.19 bits per heavy atom. The lowest BCUT2D eigenvalue weighted by Gasteiger charge is -2.32. The van der Waals surface area contributed by atoms with Crippen molar-refractivity contribution in [2.75, 3.05) is 6.79 Å². The minimum Gasteiger partial charge on any atom is -0.454 e. The summed E-state index contributed by atoms with van der Waals surface area (Å²) in [6.45, 7) is 8.27. The van der Waals surface area contributed by atoms with Crippen molar-refractivity contribution in [3.63, 3.8) is 0 Å². The first-order valence-corrected chi connectivity index (χ1v) is 7.71. The van der Waals surface area contributed by atoms with Gasteiger partial charge in [0, 0.05) is 4.47 Å². The molecular weight excluding hydrogens is 337 g/mol. The first-order chi connectivity index (χ1) is 9.71. The number of ether oxygens (including phenoxy) is 2. The quantitative estimate of drug-likeness (QED) is 0.826. The van der Waals surface area contributed by atoms with E-state index >= 15 is 0 Å². The van der Waals surface area contributed by atoms with E-state index in [9.17, 15) is 0 Å². The first-order valence-electron chi connectivity index (χ1n) is 6.91. The Bertz CT molecular complexity index is 562. The minimum absolute atomic E-state index is 0.233. The Balaban J connectivity index is 1.88. The Kier molecular flexibility index (Phi) is 3.52. The van der Waals surface area contributed by atoms with Crippen molar-refractivity contribution in [2.45, 2.75) is 44.8 Å². The van der Waals surface area contributed by atoms with E-state index in [4.69, 9.17) is 24.5 Å². The maximum atomic E-state index is 6.36. The van der Waals surface area contributed by atoms with Gasteiger partial charge in [0.25, 0.3) is 0 Å². The van der Waals surface area contributed by atoms with Crippen molar-refractivity contribution < 1.29 is 18.8 Å². The summed E-state index contributed by atoms with van der Waals surface area (Å²) in [6.07, 6.45) is 0. The van der Waals surface area contributed by atoms with E-state index in [0.717, 1.165) is 10.0 Å². The van der Waals surface area contributed by atoms with Gasteiger partial charge in [0.05, 0.1) is 17.1 Å². The maximum Gasteiger partial charge on any atom is 0.480 e. The summed E-state index contributed by atoms with van der Waals surface area (Å²) in [5.74, 6) is 0.988. The second kappa shape index (κ2) is 4.88. The van der Waals surface area contributed by atoms with Crippen LogP contribution in [0.15, 0.2) is 16.6 Å². The molecule has 0 unspecified atom stereocenters. The van der Waals surface area contributed by atoms with Crippen molar-refractivity contribution in [1.82, 2.24) is 0 Å². The van der Waals surface area contributed by atoms with Crippen molar-refractivity contribution in [3.8, 4) is 11.5 Å². The van der Waals surface area contributed by atoms with Crippen LogP contribution < -0.4 is 15.2 Å². The van der Waals surface area contributed by atoms with Crippen LogP contribution in [-0.4, -0.2) is 25.1 Å². The second-order valence-electron chi connectivity index (χ2n) is 6.38. The molecule has 7 heteroatoms. The molecule has 1 atom stereocenters. The lowest BCUT2D eigenvalue weighted by atomic mass is 9.75. The zero-order valence-corrected chi connectivity index (χ0v) is 14.2. The number of hydrogen-bond acceptors (Lipinski definition) is 5. The van der Waals surface area contributed by atoms with Gasteiger partial charge in [-0.25, -0.2) is 0 Å². The van der Waals surface area contributed by atoms with E-state index in [0.29, 0.717) is 11.5 Å². The maximum absolute atomic E-state index is 6.36. The first kappa shape index (κ1) is 15.2. The van der Waals surface area contributed by atoms with Crippen LogP contribution in [0.5, 0.6) is 11.5 Å². The third-order valence-corrected chi connectivity index (χ3v) is 5.10. The van der Waals surface area contributed by atoms with E-state index < -0.39 is 24.3 Å². The highest BCUT2D eigenvalue weighted by Gasteiger charge is 2.53. The highest BCUT2D eigenvalue weighted by molar-refractivity contribution is 9.10. The fourth-order valence-corrected chi connectivity index (χ4v) is 2.96. The van der Waals surface area contributed by atoms with Gasteiger partial charge in [-0.1, -0.05) is 15.9 Å². The molecule has 2 aliphatic heterocycles. The van der Waals surface area contributed by atoms with Gasteiger partial charge >= 0.3 is 7.12 Å². The summed E-state index contributed by atoms with van der Waals surface area (Å²) in [5.41, 5.74) is 6.42. The predicted octanol–water partition coefficient (Wildman–Crippen LogP) is 2.81. The SMILES string of the molecule is CC1(C)OB([C@@H](N)c2cc3c(cc2Br)OCO3)OC1(C)C. The summed E-state index contributed by atoms with van der Waals surface area (Å²) in [7, 11) is -0.508. The van der Waals surface area contributed by atoms with Crippen LogP contribution in [0.1, 0.15) is 39.2 Å². The molecule has 21 heavy (non-hydrogen) atoms. The Morgan fingerprint density at radius 1 is 1.10 bits per heavy atom. The lowest BCUT2D eigenvalue weighted by Crippen LogP contribution is -2.41. The van der Waals surface area contributed by atoms with Crippen LogP contribution >= 0.6 is 15.9 Å². The minimum atomic E-state index is -0.508. The summed E-state index contributed by atoms with van der Waals surface area (Å²) in [4.78, 5) is 0. The van der Waals surface area contributed by atoms with Crippen molar-refractivity contribution >= 4 is 23.0 Å². The molecule has 0 spiro atoms. The Hall–Kier alpha value is -0.755. The third kappa shape index (κ3) is 2.46. The van der Waals surface area contributed by atoms with E-state index in [1.54, 1.807) is 0 Å². The molecule has 1 aromatic carbocycles. The molecule has 0 amide bonds. The van der Waals surface area contributed by atoms with Crippen molar-refractivity contribution in [2.24, 2.45) is 5.73 Å². The van der Waals surface area contributed by atoms with Gasteiger partial charge in [0.1, 0.15) is 0 Å². The van der Waals surface area contributed by atoms with E-state index in [1.165, 1.54) is 0 Å². The fourth-order valence-electron chi connectivity index (χ4n) is 2.37. The van der Waals surface area contributed by atoms with Crippen LogP contribution in [0.25, 0.3) is 0 Å². The number of nitrogens with two attached hydrogens (primary N) is 1. The molecule has 0 saturated carbocycles. The van der Waals surface area contributed by atoms with Gasteiger partial charge in [-0.15, -0.1) is 0 Å². The third-order valence-electron chi connectivity index (χ3n) is 4.42. The summed E-state index contributed by atoms with van der Waals surface area (Å²) < 4.78 is 23.6. The molecule has 0 radical (unpaired) electrons. The normalized spacial score (nSPS) is 23.4. The fraction of sp³-hybridized carbons (Fsp3) is 0.571. The van der Waals surface area contributed by atoms with Crippen LogP contribution in [0.3, 0.4) is 0 Å². The van der Waals surface area contributed by atoms with Gasteiger partial charge in [-0.3, -0.25) is 0 Å². The van der Waals surface area contributed by atoms with Gasteiger partial charge < -0.3 is 24.5 Å². The molecule has 5 nitrogen and oxygen atoms in total. The lowest BCUT2D eigenvalue weighted by molar-refractivity contribution is 0.00578. The smallest absolute Gasteiger partial charge is 0.454 e. The topological polar surface area (TPSA) is 62.9 Å². The molecule has 1 saturated heterocycles. The zero-order chi connectivity index (χ0) is 15.4. The molecule has 114 valence electrons. The van der Waals surface area contributed by atoms with Gasteiger partial charge in [0.15, 0.2) is 11.5 Å². The highest BCUT2D eigenvalue weighted by Crippen LogP contribution is 2.43.